The second kappa shape index (κ2) is 8.48. The largest absolute Gasteiger partial charge is 0.467 e. The number of esters is 1. The Kier molecular flexibility index (Phi) is 6.71. The van der Waals surface area contributed by atoms with Crippen molar-refractivity contribution in [2.24, 2.45) is 0 Å². The molecule has 3 heteroatoms. The van der Waals surface area contributed by atoms with E-state index >= 15 is 0 Å². The van der Waals surface area contributed by atoms with Crippen molar-refractivity contribution in [1.82, 2.24) is 0 Å². The summed E-state index contributed by atoms with van der Waals surface area (Å²) in [6.45, 7) is 16.5. The van der Waals surface area contributed by atoms with Crippen LogP contribution in [-0.4, -0.2) is 18.7 Å². The fourth-order valence-corrected chi connectivity index (χ4v) is 3.89. The van der Waals surface area contributed by atoms with E-state index in [1.165, 1.54) is 29.4 Å². The monoisotopic (exact) mass is 382 g/mol. The van der Waals surface area contributed by atoms with E-state index in [1.54, 1.807) is 0 Å². The van der Waals surface area contributed by atoms with Gasteiger partial charge in [-0.05, 0) is 88.3 Å². The lowest BCUT2D eigenvalue weighted by molar-refractivity contribution is -0.164. The third-order valence-corrected chi connectivity index (χ3v) is 5.36. The molecule has 2 aromatic rings. The maximum atomic E-state index is 12.8. The molecule has 0 N–H and O–H groups in total. The highest BCUT2D eigenvalue weighted by Crippen LogP contribution is 2.41. The summed E-state index contributed by atoms with van der Waals surface area (Å²) in [6.07, 6.45) is 0.172. The van der Waals surface area contributed by atoms with Crippen molar-refractivity contribution in [2.75, 3.05) is 7.11 Å². The van der Waals surface area contributed by atoms with Crippen LogP contribution in [0, 0.1) is 27.7 Å². The SMILES string of the molecule is CCc1c(C)c(C)c(C(OC(C)(C)C)C(=O)OC)c(-c2ccc(C)cc2)c1C. The van der Waals surface area contributed by atoms with Gasteiger partial charge in [0, 0.05) is 5.56 Å². The van der Waals surface area contributed by atoms with Crippen molar-refractivity contribution in [3.63, 3.8) is 0 Å². The van der Waals surface area contributed by atoms with E-state index in [0.717, 1.165) is 28.7 Å². The molecule has 152 valence electrons. The number of benzene rings is 2. The summed E-state index contributed by atoms with van der Waals surface area (Å²) in [5.74, 6) is -0.366. The molecule has 2 aromatic carbocycles. The molecule has 0 bridgehead atoms. The number of ether oxygens (including phenoxy) is 2. The number of rotatable bonds is 5. The first-order valence-electron chi connectivity index (χ1n) is 9.97. The minimum atomic E-state index is -0.774. The van der Waals surface area contributed by atoms with Crippen LogP contribution in [-0.2, 0) is 20.7 Å². The fourth-order valence-electron chi connectivity index (χ4n) is 3.89. The molecule has 0 aromatic heterocycles. The van der Waals surface area contributed by atoms with Crippen LogP contribution in [0.2, 0.25) is 0 Å². The Morgan fingerprint density at radius 1 is 0.964 bits per heavy atom. The van der Waals surface area contributed by atoms with Gasteiger partial charge in [0.1, 0.15) is 0 Å². The molecular formula is C25H34O3. The Balaban J connectivity index is 2.90. The lowest BCUT2D eigenvalue weighted by Gasteiger charge is -2.31. The predicted molar refractivity (Wildman–Crippen MR) is 116 cm³/mol. The van der Waals surface area contributed by atoms with E-state index in [1.807, 2.05) is 20.8 Å². The van der Waals surface area contributed by atoms with Gasteiger partial charge in [-0.1, -0.05) is 36.8 Å². The zero-order valence-corrected chi connectivity index (χ0v) is 18.8. The van der Waals surface area contributed by atoms with Gasteiger partial charge in [-0.2, -0.15) is 0 Å². The summed E-state index contributed by atoms with van der Waals surface area (Å²) in [4.78, 5) is 12.8. The highest BCUT2D eigenvalue weighted by molar-refractivity contribution is 5.84. The zero-order chi connectivity index (χ0) is 21.2. The molecule has 0 saturated heterocycles. The summed E-state index contributed by atoms with van der Waals surface area (Å²) in [7, 11) is 1.42. The van der Waals surface area contributed by atoms with Crippen molar-refractivity contribution < 1.29 is 14.3 Å². The summed E-state index contributed by atoms with van der Waals surface area (Å²) >= 11 is 0. The van der Waals surface area contributed by atoms with E-state index in [4.69, 9.17) is 9.47 Å². The number of aryl methyl sites for hydroxylation is 1. The van der Waals surface area contributed by atoms with Gasteiger partial charge in [-0.3, -0.25) is 0 Å². The Bertz CT molecular complexity index is 855. The lowest BCUT2D eigenvalue weighted by atomic mass is 9.82. The topological polar surface area (TPSA) is 35.5 Å². The van der Waals surface area contributed by atoms with Crippen LogP contribution in [0.15, 0.2) is 24.3 Å². The van der Waals surface area contributed by atoms with Gasteiger partial charge in [-0.25, -0.2) is 4.79 Å². The maximum Gasteiger partial charge on any atom is 0.339 e. The van der Waals surface area contributed by atoms with E-state index in [-0.39, 0.29) is 5.97 Å². The van der Waals surface area contributed by atoms with E-state index < -0.39 is 11.7 Å². The van der Waals surface area contributed by atoms with E-state index in [9.17, 15) is 4.79 Å². The number of hydrogen-bond donors (Lipinski definition) is 0. The molecule has 0 aliphatic heterocycles. The van der Waals surface area contributed by atoms with E-state index in [2.05, 4.69) is 58.9 Å². The lowest BCUT2D eigenvalue weighted by Crippen LogP contribution is -2.29. The van der Waals surface area contributed by atoms with Crippen molar-refractivity contribution in [2.45, 2.75) is 73.5 Å². The molecule has 1 atom stereocenters. The molecule has 0 aliphatic rings. The van der Waals surface area contributed by atoms with E-state index in [0.29, 0.717) is 0 Å². The molecular weight excluding hydrogens is 348 g/mol. The number of carbonyl (C=O) groups excluding carboxylic acids is 1. The summed E-state index contributed by atoms with van der Waals surface area (Å²) in [6, 6.07) is 8.47. The second-order valence-electron chi connectivity index (χ2n) is 8.50. The molecule has 2 rings (SSSR count). The van der Waals surface area contributed by atoms with Gasteiger partial charge in [0.25, 0.3) is 0 Å². The first-order chi connectivity index (χ1) is 13.0. The quantitative estimate of drug-likeness (QED) is 0.579. The van der Waals surface area contributed by atoms with Gasteiger partial charge in [-0.15, -0.1) is 0 Å². The zero-order valence-electron chi connectivity index (χ0n) is 18.8. The maximum absolute atomic E-state index is 12.8. The highest BCUT2D eigenvalue weighted by Gasteiger charge is 2.33. The first kappa shape index (κ1) is 22.2. The van der Waals surface area contributed by atoms with Gasteiger partial charge in [0.15, 0.2) is 6.10 Å². The molecule has 0 saturated carbocycles. The van der Waals surface area contributed by atoms with Crippen LogP contribution in [0.25, 0.3) is 11.1 Å². The van der Waals surface area contributed by atoms with Gasteiger partial charge < -0.3 is 9.47 Å². The van der Waals surface area contributed by atoms with Crippen molar-refractivity contribution in [1.29, 1.82) is 0 Å². The van der Waals surface area contributed by atoms with Crippen LogP contribution < -0.4 is 0 Å². The van der Waals surface area contributed by atoms with Crippen molar-refractivity contribution >= 4 is 5.97 Å². The third-order valence-electron chi connectivity index (χ3n) is 5.36. The minimum Gasteiger partial charge on any atom is -0.467 e. The molecule has 0 aliphatic carbocycles. The summed E-state index contributed by atoms with van der Waals surface area (Å²) in [5.41, 5.74) is 8.67. The van der Waals surface area contributed by atoms with Gasteiger partial charge in [0.05, 0.1) is 12.7 Å². The molecule has 0 spiro atoms. The number of methoxy groups -OCH3 is 1. The number of hydrogen-bond acceptors (Lipinski definition) is 3. The van der Waals surface area contributed by atoms with Gasteiger partial charge >= 0.3 is 5.97 Å². The predicted octanol–water partition coefficient (Wildman–Crippen LogP) is 6.18. The molecule has 28 heavy (non-hydrogen) atoms. The standard InChI is InChI=1S/C25H34O3/c1-10-20-16(3)17(4)22(23(24(26)27-9)28-25(6,7)8)21(18(20)5)19-13-11-15(2)12-14-19/h11-14,23H,10H2,1-9H3. The number of carbonyl (C=O) groups is 1. The molecule has 0 heterocycles. The summed E-state index contributed by atoms with van der Waals surface area (Å²) in [5, 5.41) is 0. The van der Waals surface area contributed by atoms with Gasteiger partial charge in [0.2, 0.25) is 0 Å². The summed E-state index contributed by atoms with van der Waals surface area (Å²) < 4.78 is 11.4. The van der Waals surface area contributed by atoms with Crippen LogP contribution in [0.3, 0.4) is 0 Å². The minimum absolute atomic E-state index is 0.366. The van der Waals surface area contributed by atoms with Crippen LogP contribution in [0.5, 0.6) is 0 Å². The molecule has 1 unspecified atom stereocenters. The average Bonchev–Trinajstić information content (AvgIpc) is 2.63. The molecule has 0 fully saturated rings. The Morgan fingerprint density at radius 3 is 2.00 bits per heavy atom. The smallest absolute Gasteiger partial charge is 0.339 e. The molecule has 0 radical (unpaired) electrons. The highest BCUT2D eigenvalue weighted by atomic mass is 16.6. The molecule has 0 amide bonds. The molecule has 3 nitrogen and oxygen atoms in total. The second-order valence-corrected chi connectivity index (χ2v) is 8.50. The Morgan fingerprint density at radius 2 is 1.54 bits per heavy atom. The van der Waals surface area contributed by atoms with Crippen LogP contribution >= 0.6 is 0 Å². The normalized spacial score (nSPS) is 12.8. The fraction of sp³-hybridized carbons (Fsp3) is 0.480. The average molecular weight is 383 g/mol. The third kappa shape index (κ3) is 4.47. The Labute approximate surface area is 170 Å². The van der Waals surface area contributed by atoms with Crippen molar-refractivity contribution in [3.8, 4) is 11.1 Å². The Hall–Kier alpha value is -2.13. The van der Waals surface area contributed by atoms with Crippen LogP contribution in [0.4, 0.5) is 0 Å². The first-order valence-corrected chi connectivity index (χ1v) is 9.97. The van der Waals surface area contributed by atoms with Crippen molar-refractivity contribution in [3.05, 3.63) is 57.6 Å². The van der Waals surface area contributed by atoms with Crippen LogP contribution in [0.1, 0.15) is 67.2 Å².